The van der Waals surface area contributed by atoms with Crippen molar-refractivity contribution in [2.45, 2.75) is 64.9 Å². The summed E-state index contributed by atoms with van der Waals surface area (Å²) in [6.45, 7) is -0.876. The van der Waals surface area contributed by atoms with Gasteiger partial charge in [0.15, 0.2) is 11.6 Å². The van der Waals surface area contributed by atoms with Crippen LogP contribution in [0.5, 0.6) is 5.75 Å². The second kappa shape index (κ2) is 11.6. The van der Waals surface area contributed by atoms with Crippen LogP contribution in [-0.2, 0) is 0 Å². The van der Waals surface area contributed by atoms with Gasteiger partial charge in [-0.15, -0.1) is 0 Å². The monoisotopic (exact) mass is 482 g/mol. The van der Waals surface area contributed by atoms with E-state index in [1.807, 2.05) is 0 Å². The Labute approximate surface area is 204 Å². The van der Waals surface area contributed by atoms with Crippen molar-refractivity contribution in [2.24, 2.45) is 11.8 Å². The number of benzene rings is 3. The molecule has 0 aromatic heterocycles. The average molecular weight is 483 g/mol. The lowest BCUT2D eigenvalue weighted by Gasteiger charge is -2.25. The standard InChI is InChI=1S/C30H30F4O/c1-2-3-4-5-20-6-8-21(9-7-20)10-11-22-12-15-25(27(31)18-22)23-13-16-26-24(19-23)14-17-28(29(26)32)35-30(33)34/h12-21,30H,2-9H2,1H3. The molecule has 1 aliphatic carbocycles. The van der Waals surface area contributed by atoms with Crippen molar-refractivity contribution in [3.63, 3.8) is 0 Å². The van der Waals surface area contributed by atoms with Crippen molar-refractivity contribution in [3.8, 4) is 28.7 Å². The molecule has 0 aliphatic heterocycles. The van der Waals surface area contributed by atoms with Gasteiger partial charge in [-0.2, -0.15) is 8.78 Å². The van der Waals surface area contributed by atoms with Gasteiger partial charge in [-0.3, -0.25) is 0 Å². The molecule has 0 saturated heterocycles. The third-order valence-electron chi connectivity index (χ3n) is 6.90. The molecule has 1 aliphatic rings. The number of ether oxygens (including phenoxy) is 1. The molecule has 0 atom stereocenters. The third-order valence-corrected chi connectivity index (χ3v) is 6.90. The van der Waals surface area contributed by atoms with E-state index in [9.17, 15) is 17.6 Å². The maximum atomic E-state index is 14.9. The van der Waals surface area contributed by atoms with E-state index >= 15 is 0 Å². The molecule has 0 radical (unpaired) electrons. The van der Waals surface area contributed by atoms with Gasteiger partial charge in [0, 0.05) is 22.4 Å². The van der Waals surface area contributed by atoms with Gasteiger partial charge in [0.05, 0.1) is 0 Å². The normalized spacial score (nSPS) is 17.9. The summed E-state index contributed by atoms with van der Waals surface area (Å²) in [6.07, 6.45) is 9.91. The van der Waals surface area contributed by atoms with Crippen LogP contribution < -0.4 is 4.74 Å². The van der Waals surface area contributed by atoms with Crippen LogP contribution in [0, 0.1) is 35.3 Å². The number of unbranched alkanes of at least 4 members (excludes halogenated alkanes) is 2. The molecule has 0 heterocycles. The fourth-order valence-corrected chi connectivity index (χ4v) is 4.92. The highest BCUT2D eigenvalue weighted by atomic mass is 19.3. The van der Waals surface area contributed by atoms with Crippen LogP contribution in [-0.4, -0.2) is 6.61 Å². The van der Waals surface area contributed by atoms with Crippen LogP contribution in [0.25, 0.3) is 21.9 Å². The molecule has 0 N–H and O–H groups in total. The first kappa shape index (κ1) is 25.1. The predicted molar refractivity (Wildman–Crippen MR) is 132 cm³/mol. The lowest BCUT2D eigenvalue weighted by Crippen LogP contribution is -2.13. The van der Waals surface area contributed by atoms with E-state index in [0.29, 0.717) is 28.0 Å². The van der Waals surface area contributed by atoms with Gasteiger partial charge in [0.2, 0.25) is 0 Å². The predicted octanol–water partition coefficient (Wildman–Crippen LogP) is 9.12. The van der Waals surface area contributed by atoms with Crippen molar-refractivity contribution in [2.75, 3.05) is 0 Å². The molecular weight excluding hydrogens is 452 g/mol. The lowest BCUT2D eigenvalue weighted by molar-refractivity contribution is -0.0520. The molecule has 184 valence electrons. The highest BCUT2D eigenvalue weighted by molar-refractivity contribution is 5.89. The van der Waals surface area contributed by atoms with E-state index in [4.69, 9.17) is 0 Å². The van der Waals surface area contributed by atoms with Gasteiger partial charge in [0.25, 0.3) is 0 Å². The minimum atomic E-state index is -3.11. The molecule has 1 saturated carbocycles. The Morgan fingerprint density at radius 3 is 2.46 bits per heavy atom. The van der Waals surface area contributed by atoms with E-state index < -0.39 is 24.0 Å². The van der Waals surface area contributed by atoms with Gasteiger partial charge in [0.1, 0.15) is 5.82 Å². The zero-order valence-electron chi connectivity index (χ0n) is 19.9. The topological polar surface area (TPSA) is 9.23 Å². The second-order valence-corrected chi connectivity index (χ2v) is 9.37. The minimum Gasteiger partial charge on any atom is -0.432 e. The maximum absolute atomic E-state index is 14.9. The summed E-state index contributed by atoms with van der Waals surface area (Å²) in [5, 5.41) is 0.602. The summed E-state index contributed by atoms with van der Waals surface area (Å²) in [5.41, 5.74) is 1.58. The number of fused-ring (bicyclic) bond motifs is 1. The van der Waals surface area contributed by atoms with Gasteiger partial charge < -0.3 is 4.74 Å². The van der Waals surface area contributed by atoms with Crippen LogP contribution in [0.2, 0.25) is 0 Å². The van der Waals surface area contributed by atoms with E-state index in [1.54, 1.807) is 24.3 Å². The summed E-state index contributed by atoms with van der Waals surface area (Å²) in [4.78, 5) is 0. The second-order valence-electron chi connectivity index (χ2n) is 9.37. The van der Waals surface area contributed by atoms with E-state index in [0.717, 1.165) is 24.8 Å². The van der Waals surface area contributed by atoms with Crippen molar-refractivity contribution >= 4 is 10.8 Å². The number of hydrogen-bond acceptors (Lipinski definition) is 1. The van der Waals surface area contributed by atoms with E-state index in [1.165, 1.54) is 56.7 Å². The fourth-order valence-electron chi connectivity index (χ4n) is 4.92. The molecular formula is C30H30F4O. The zero-order valence-corrected chi connectivity index (χ0v) is 19.9. The fraction of sp³-hybridized carbons (Fsp3) is 0.400. The highest BCUT2D eigenvalue weighted by Gasteiger charge is 2.19. The third kappa shape index (κ3) is 6.36. The quantitative estimate of drug-likeness (QED) is 0.185. The first-order valence-corrected chi connectivity index (χ1v) is 12.4. The molecule has 1 nitrogen and oxygen atoms in total. The molecule has 5 heteroatoms. The van der Waals surface area contributed by atoms with Crippen molar-refractivity contribution in [1.82, 2.24) is 0 Å². The Hall–Kier alpha value is -3.00. The summed E-state index contributed by atoms with van der Waals surface area (Å²) in [7, 11) is 0. The van der Waals surface area contributed by atoms with Crippen LogP contribution in [0.4, 0.5) is 17.6 Å². The molecule has 0 spiro atoms. The highest BCUT2D eigenvalue weighted by Crippen LogP contribution is 2.33. The zero-order chi connectivity index (χ0) is 24.8. The van der Waals surface area contributed by atoms with E-state index in [-0.39, 0.29) is 5.39 Å². The SMILES string of the molecule is CCCCCC1CCC(C#Cc2ccc(-c3ccc4c(F)c(OC(F)F)ccc4c3)c(F)c2)CC1. The molecule has 4 rings (SSSR count). The Kier molecular flexibility index (Phi) is 8.33. The smallest absolute Gasteiger partial charge is 0.387 e. The number of hydrogen-bond donors (Lipinski definition) is 0. The number of rotatable bonds is 7. The largest absolute Gasteiger partial charge is 0.432 e. The van der Waals surface area contributed by atoms with Gasteiger partial charge in [-0.1, -0.05) is 68.7 Å². The lowest BCUT2D eigenvalue weighted by atomic mass is 9.80. The Morgan fingerprint density at radius 2 is 1.74 bits per heavy atom. The molecule has 0 amide bonds. The molecule has 35 heavy (non-hydrogen) atoms. The summed E-state index contributed by atoms with van der Waals surface area (Å²) in [5.74, 6) is 5.89. The number of halogens is 4. The van der Waals surface area contributed by atoms with Crippen LogP contribution in [0.3, 0.4) is 0 Å². The van der Waals surface area contributed by atoms with Crippen molar-refractivity contribution in [3.05, 3.63) is 65.7 Å². The van der Waals surface area contributed by atoms with Crippen LogP contribution in [0.1, 0.15) is 63.9 Å². The minimum absolute atomic E-state index is 0.134. The molecule has 3 aromatic carbocycles. The average Bonchev–Trinajstić information content (AvgIpc) is 2.85. The molecule has 3 aromatic rings. The molecule has 0 unspecified atom stereocenters. The maximum Gasteiger partial charge on any atom is 0.387 e. The van der Waals surface area contributed by atoms with E-state index in [2.05, 4.69) is 23.5 Å². The number of alkyl halides is 2. The van der Waals surface area contributed by atoms with Crippen LogP contribution >= 0.6 is 0 Å². The van der Waals surface area contributed by atoms with Crippen molar-refractivity contribution < 1.29 is 22.3 Å². The van der Waals surface area contributed by atoms with Gasteiger partial charge in [-0.05, 0) is 66.8 Å². The summed E-state index contributed by atoms with van der Waals surface area (Å²) >= 11 is 0. The first-order chi connectivity index (χ1) is 16.9. The first-order valence-electron chi connectivity index (χ1n) is 12.4. The summed E-state index contributed by atoms with van der Waals surface area (Å²) < 4.78 is 58.5. The van der Waals surface area contributed by atoms with Crippen molar-refractivity contribution in [1.29, 1.82) is 0 Å². The van der Waals surface area contributed by atoms with Crippen LogP contribution in [0.15, 0.2) is 48.5 Å². The summed E-state index contributed by atoms with van der Waals surface area (Å²) in [6, 6.07) is 12.2. The molecule has 1 fully saturated rings. The van der Waals surface area contributed by atoms with Gasteiger partial charge >= 0.3 is 6.61 Å². The Balaban J connectivity index is 1.44. The Morgan fingerprint density at radius 1 is 0.943 bits per heavy atom. The Bertz CT molecular complexity index is 1220. The van der Waals surface area contributed by atoms with Gasteiger partial charge in [-0.25, -0.2) is 8.78 Å². The molecule has 0 bridgehead atoms.